The summed E-state index contributed by atoms with van der Waals surface area (Å²) in [6, 6.07) is 3.58. The van der Waals surface area contributed by atoms with Gasteiger partial charge < -0.3 is 4.98 Å². The van der Waals surface area contributed by atoms with E-state index in [1.54, 1.807) is 0 Å². The van der Waals surface area contributed by atoms with E-state index in [-0.39, 0.29) is 17.3 Å². The topological polar surface area (TPSA) is 45.8 Å². The van der Waals surface area contributed by atoms with Crippen LogP contribution in [0.15, 0.2) is 29.1 Å². The number of hydrogen-bond acceptors (Lipinski definition) is 2. The second kappa shape index (κ2) is 4.68. The first-order valence-corrected chi connectivity index (χ1v) is 6.33. The van der Waals surface area contributed by atoms with E-state index < -0.39 is 23.1 Å². The Morgan fingerprint density at radius 2 is 1.90 bits per heavy atom. The molecule has 2 aromatic rings. The molecule has 1 aliphatic rings. The largest absolute Gasteiger partial charge is 0.417 e. The maximum Gasteiger partial charge on any atom is 0.417 e. The number of nitrogens with one attached hydrogen (secondary N) is 1. The Hall–Kier alpha value is -2.18. The van der Waals surface area contributed by atoms with E-state index in [0.717, 1.165) is 25.0 Å². The fraction of sp³-hybridized carbons (Fsp3) is 0.286. The zero-order chi connectivity index (χ0) is 15.2. The number of aromatic amines is 1. The molecular weight excluding hydrogens is 288 g/mol. The van der Waals surface area contributed by atoms with Crippen LogP contribution >= 0.6 is 0 Å². The zero-order valence-electron chi connectivity index (χ0n) is 10.7. The molecule has 110 valence electrons. The van der Waals surface area contributed by atoms with Crippen LogP contribution in [0.3, 0.4) is 0 Å². The Kier molecular flexibility index (Phi) is 3.07. The molecule has 1 aliphatic carbocycles. The SMILES string of the molecule is O=c1cc(C2CC2)nc(-c2ccc(F)cc2C(F)(F)F)[nH]1. The predicted octanol–water partition coefficient (Wildman–Crippen LogP) is 3.47. The fourth-order valence-electron chi connectivity index (χ4n) is 2.15. The van der Waals surface area contributed by atoms with Crippen LogP contribution < -0.4 is 5.56 Å². The monoisotopic (exact) mass is 298 g/mol. The van der Waals surface area contributed by atoms with Crippen molar-refractivity contribution >= 4 is 0 Å². The van der Waals surface area contributed by atoms with Crippen LogP contribution in [0.5, 0.6) is 0 Å². The van der Waals surface area contributed by atoms with E-state index in [0.29, 0.717) is 11.8 Å². The second-order valence-electron chi connectivity index (χ2n) is 4.98. The molecule has 1 aromatic heterocycles. The molecule has 3 nitrogen and oxygen atoms in total. The highest BCUT2D eigenvalue weighted by Gasteiger charge is 2.35. The average molecular weight is 298 g/mol. The number of H-pyrrole nitrogens is 1. The first-order valence-electron chi connectivity index (χ1n) is 6.33. The first kappa shape index (κ1) is 13.8. The summed E-state index contributed by atoms with van der Waals surface area (Å²) in [5.74, 6) is -1.05. The number of aromatic nitrogens is 2. The summed E-state index contributed by atoms with van der Waals surface area (Å²) in [7, 11) is 0. The van der Waals surface area contributed by atoms with Crippen molar-refractivity contribution in [1.29, 1.82) is 0 Å². The van der Waals surface area contributed by atoms with Crippen LogP contribution in [0, 0.1) is 5.82 Å². The molecule has 1 saturated carbocycles. The summed E-state index contributed by atoms with van der Waals surface area (Å²) in [6.45, 7) is 0. The molecule has 3 rings (SSSR count). The second-order valence-corrected chi connectivity index (χ2v) is 4.98. The van der Waals surface area contributed by atoms with Gasteiger partial charge in [-0.15, -0.1) is 0 Å². The highest BCUT2D eigenvalue weighted by Crippen LogP contribution is 2.40. The quantitative estimate of drug-likeness (QED) is 0.863. The molecule has 0 amide bonds. The third kappa shape index (κ3) is 2.81. The molecule has 1 heterocycles. The zero-order valence-corrected chi connectivity index (χ0v) is 10.7. The van der Waals surface area contributed by atoms with Crippen LogP contribution in [0.2, 0.25) is 0 Å². The standard InChI is InChI=1S/C14H10F4N2O/c15-8-3-4-9(10(5-8)14(16,17)18)13-19-11(7-1-2-7)6-12(21)20-13/h3-7H,1-2H2,(H,19,20,21). The molecule has 1 aromatic carbocycles. The highest BCUT2D eigenvalue weighted by atomic mass is 19.4. The van der Waals surface area contributed by atoms with Crippen LogP contribution in [0.25, 0.3) is 11.4 Å². The molecule has 0 atom stereocenters. The van der Waals surface area contributed by atoms with E-state index in [9.17, 15) is 22.4 Å². The summed E-state index contributed by atoms with van der Waals surface area (Å²) in [6.07, 6.45) is -3.00. The van der Waals surface area contributed by atoms with E-state index in [1.165, 1.54) is 6.07 Å². The highest BCUT2D eigenvalue weighted by molar-refractivity contribution is 5.61. The van der Waals surface area contributed by atoms with Crippen molar-refractivity contribution in [3.63, 3.8) is 0 Å². The lowest BCUT2D eigenvalue weighted by atomic mass is 10.1. The van der Waals surface area contributed by atoms with Gasteiger partial charge in [0, 0.05) is 17.5 Å². The van der Waals surface area contributed by atoms with Gasteiger partial charge in [0.15, 0.2) is 0 Å². The number of halogens is 4. The number of alkyl halides is 3. The van der Waals surface area contributed by atoms with Crippen molar-refractivity contribution in [2.75, 3.05) is 0 Å². The van der Waals surface area contributed by atoms with Gasteiger partial charge >= 0.3 is 6.18 Å². The van der Waals surface area contributed by atoms with Crippen molar-refractivity contribution in [1.82, 2.24) is 9.97 Å². The summed E-state index contributed by atoms with van der Waals surface area (Å²) < 4.78 is 52.1. The lowest BCUT2D eigenvalue weighted by Gasteiger charge is -2.12. The van der Waals surface area contributed by atoms with Gasteiger partial charge in [-0.2, -0.15) is 13.2 Å². The smallest absolute Gasteiger partial charge is 0.307 e. The van der Waals surface area contributed by atoms with Crippen molar-refractivity contribution in [3.05, 3.63) is 51.7 Å². The molecule has 1 N–H and O–H groups in total. The van der Waals surface area contributed by atoms with Gasteiger partial charge in [0.05, 0.1) is 11.3 Å². The van der Waals surface area contributed by atoms with Crippen LogP contribution in [-0.4, -0.2) is 9.97 Å². The lowest BCUT2D eigenvalue weighted by Crippen LogP contribution is -2.13. The maximum atomic E-state index is 13.1. The van der Waals surface area contributed by atoms with Crippen LogP contribution in [-0.2, 0) is 6.18 Å². The Balaban J connectivity index is 2.18. The van der Waals surface area contributed by atoms with E-state index >= 15 is 0 Å². The molecule has 0 spiro atoms. The van der Waals surface area contributed by atoms with Crippen molar-refractivity contribution in [2.24, 2.45) is 0 Å². The third-order valence-corrected chi connectivity index (χ3v) is 3.30. The average Bonchev–Trinajstić information content (AvgIpc) is 3.21. The van der Waals surface area contributed by atoms with Crippen LogP contribution in [0.1, 0.15) is 30.0 Å². The Labute approximate surface area is 116 Å². The molecule has 0 radical (unpaired) electrons. The van der Waals surface area contributed by atoms with E-state index in [2.05, 4.69) is 9.97 Å². The molecular formula is C14H10F4N2O. The molecule has 21 heavy (non-hydrogen) atoms. The third-order valence-electron chi connectivity index (χ3n) is 3.30. The number of benzene rings is 1. The minimum absolute atomic E-state index is 0.126. The molecule has 0 aliphatic heterocycles. The van der Waals surface area contributed by atoms with Gasteiger partial charge in [0.25, 0.3) is 5.56 Å². The van der Waals surface area contributed by atoms with Crippen molar-refractivity contribution in [2.45, 2.75) is 24.9 Å². The molecule has 0 unspecified atom stereocenters. The lowest BCUT2D eigenvalue weighted by molar-refractivity contribution is -0.137. The van der Waals surface area contributed by atoms with Gasteiger partial charge in [-0.25, -0.2) is 9.37 Å². The molecule has 1 fully saturated rings. The Morgan fingerprint density at radius 1 is 1.19 bits per heavy atom. The maximum absolute atomic E-state index is 13.1. The van der Waals surface area contributed by atoms with Crippen molar-refractivity contribution in [3.8, 4) is 11.4 Å². The molecule has 0 bridgehead atoms. The predicted molar refractivity (Wildman–Crippen MR) is 67.2 cm³/mol. The fourth-order valence-corrected chi connectivity index (χ4v) is 2.15. The summed E-state index contributed by atoms with van der Waals surface area (Å²) in [5.41, 5.74) is -1.52. The van der Waals surface area contributed by atoms with Gasteiger partial charge in [0.2, 0.25) is 0 Å². The number of hydrogen-bond donors (Lipinski definition) is 1. The Morgan fingerprint density at radius 3 is 2.52 bits per heavy atom. The van der Waals surface area contributed by atoms with Gasteiger partial charge in [-0.05, 0) is 31.0 Å². The minimum Gasteiger partial charge on any atom is -0.307 e. The van der Waals surface area contributed by atoms with Crippen LogP contribution in [0.4, 0.5) is 17.6 Å². The molecule has 0 saturated heterocycles. The summed E-state index contributed by atoms with van der Waals surface area (Å²) in [4.78, 5) is 18.0. The van der Waals surface area contributed by atoms with Gasteiger partial charge in [-0.1, -0.05) is 0 Å². The summed E-state index contributed by atoms with van der Waals surface area (Å²) >= 11 is 0. The Bertz CT molecular complexity index is 747. The first-order chi connectivity index (χ1) is 9.84. The van der Waals surface area contributed by atoms with Gasteiger partial charge in [0.1, 0.15) is 11.6 Å². The minimum atomic E-state index is -4.73. The van der Waals surface area contributed by atoms with E-state index in [1.807, 2.05) is 0 Å². The normalized spacial score (nSPS) is 15.2. The molecule has 7 heteroatoms. The number of nitrogens with zero attached hydrogens (tertiary/aromatic N) is 1. The number of rotatable bonds is 2. The van der Waals surface area contributed by atoms with E-state index in [4.69, 9.17) is 0 Å². The van der Waals surface area contributed by atoms with Gasteiger partial charge in [-0.3, -0.25) is 4.79 Å². The summed E-state index contributed by atoms with van der Waals surface area (Å²) in [5, 5.41) is 0. The van der Waals surface area contributed by atoms with Crippen molar-refractivity contribution < 1.29 is 17.6 Å².